The number of methoxy groups -OCH3 is 2. The Morgan fingerprint density at radius 3 is 1.45 bits per heavy atom. The summed E-state index contributed by atoms with van der Waals surface area (Å²) in [6.45, 7) is 11.9. The standard InChI is InChI=1S/C16H20O4/c1-9-7-15(13(17)19-5)11(3)12(4)16(15,8-10(9)2)14(18)20-6/h3-4,7-8H2,1-2,5-6H3. The van der Waals surface area contributed by atoms with E-state index in [9.17, 15) is 9.59 Å². The highest BCUT2D eigenvalue weighted by Gasteiger charge is 2.74. The summed E-state index contributed by atoms with van der Waals surface area (Å²) in [6, 6.07) is 0. The van der Waals surface area contributed by atoms with E-state index in [1.165, 1.54) is 14.2 Å². The average molecular weight is 276 g/mol. The third-order valence-corrected chi connectivity index (χ3v) is 4.98. The third-order valence-electron chi connectivity index (χ3n) is 4.98. The highest BCUT2D eigenvalue weighted by Crippen LogP contribution is 2.71. The fraction of sp³-hybridized carbons (Fsp3) is 0.500. The predicted octanol–water partition coefficient (Wildman–Crippen LogP) is 2.56. The Bertz CT molecular complexity index is 519. The molecule has 2 unspecified atom stereocenters. The van der Waals surface area contributed by atoms with Crippen LogP contribution in [0.15, 0.2) is 35.5 Å². The molecule has 0 aromatic carbocycles. The molecule has 0 radical (unpaired) electrons. The normalized spacial score (nSPS) is 32.4. The van der Waals surface area contributed by atoms with Gasteiger partial charge in [-0.15, -0.1) is 0 Å². The second-order valence-corrected chi connectivity index (χ2v) is 5.67. The second-order valence-electron chi connectivity index (χ2n) is 5.67. The van der Waals surface area contributed by atoms with E-state index in [2.05, 4.69) is 13.2 Å². The molecule has 0 aliphatic heterocycles. The smallest absolute Gasteiger partial charge is 0.318 e. The van der Waals surface area contributed by atoms with Crippen molar-refractivity contribution in [3.63, 3.8) is 0 Å². The molecule has 0 heterocycles. The number of rotatable bonds is 2. The molecule has 2 atom stereocenters. The summed E-state index contributed by atoms with van der Waals surface area (Å²) >= 11 is 0. The molecule has 1 saturated carbocycles. The van der Waals surface area contributed by atoms with Gasteiger partial charge in [-0.1, -0.05) is 24.3 Å². The highest BCUT2D eigenvalue weighted by molar-refractivity contribution is 6.01. The Balaban J connectivity index is 2.71. The van der Waals surface area contributed by atoms with Crippen molar-refractivity contribution in [1.29, 1.82) is 0 Å². The monoisotopic (exact) mass is 276 g/mol. The zero-order chi connectivity index (χ0) is 15.3. The zero-order valence-corrected chi connectivity index (χ0v) is 12.5. The van der Waals surface area contributed by atoms with Gasteiger partial charge in [-0.25, -0.2) is 0 Å². The molecular formula is C16H20O4. The van der Waals surface area contributed by atoms with Gasteiger partial charge in [-0.3, -0.25) is 9.59 Å². The summed E-state index contributed by atoms with van der Waals surface area (Å²) in [7, 11) is 2.65. The van der Waals surface area contributed by atoms with Crippen molar-refractivity contribution >= 4 is 11.9 Å². The number of carbonyl (C=O) groups is 2. The van der Waals surface area contributed by atoms with Gasteiger partial charge in [0, 0.05) is 0 Å². The Morgan fingerprint density at radius 1 is 0.900 bits per heavy atom. The van der Waals surface area contributed by atoms with Crippen molar-refractivity contribution in [3.05, 3.63) is 35.5 Å². The van der Waals surface area contributed by atoms with Crippen LogP contribution in [0.25, 0.3) is 0 Å². The molecule has 2 rings (SSSR count). The first-order valence-electron chi connectivity index (χ1n) is 6.50. The van der Waals surface area contributed by atoms with Crippen molar-refractivity contribution in [2.45, 2.75) is 26.7 Å². The number of hydrogen-bond donors (Lipinski definition) is 0. The summed E-state index contributed by atoms with van der Waals surface area (Å²) in [5.74, 6) is -0.876. The first-order chi connectivity index (χ1) is 9.29. The minimum Gasteiger partial charge on any atom is -0.468 e. The van der Waals surface area contributed by atoms with Crippen molar-refractivity contribution in [2.24, 2.45) is 10.8 Å². The van der Waals surface area contributed by atoms with Crippen LogP contribution in [0.1, 0.15) is 26.7 Å². The minimum atomic E-state index is -1.06. The number of ether oxygens (including phenoxy) is 2. The maximum Gasteiger partial charge on any atom is 0.318 e. The van der Waals surface area contributed by atoms with Gasteiger partial charge in [0.2, 0.25) is 0 Å². The summed E-state index contributed by atoms with van der Waals surface area (Å²) in [5, 5.41) is 0. The molecule has 108 valence electrons. The van der Waals surface area contributed by atoms with Gasteiger partial charge in [-0.05, 0) is 37.8 Å². The molecular weight excluding hydrogens is 256 g/mol. The van der Waals surface area contributed by atoms with Crippen LogP contribution in [0.4, 0.5) is 0 Å². The SMILES string of the molecule is C=C1C(=C)C2(C(=O)OC)CC(C)=C(C)CC12C(=O)OC. The number of fused-ring (bicyclic) bond motifs is 1. The number of carbonyl (C=O) groups excluding carboxylic acids is 2. The van der Waals surface area contributed by atoms with Gasteiger partial charge in [0.25, 0.3) is 0 Å². The van der Waals surface area contributed by atoms with Crippen LogP contribution in [0.2, 0.25) is 0 Å². The minimum absolute atomic E-state index is 0.429. The van der Waals surface area contributed by atoms with Crippen LogP contribution in [-0.2, 0) is 19.1 Å². The molecule has 0 saturated heterocycles. The third kappa shape index (κ3) is 1.31. The van der Waals surface area contributed by atoms with Gasteiger partial charge in [0.05, 0.1) is 14.2 Å². The van der Waals surface area contributed by atoms with Crippen LogP contribution >= 0.6 is 0 Å². The van der Waals surface area contributed by atoms with E-state index in [0.717, 1.165) is 11.1 Å². The zero-order valence-electron chi connectivity index (χ0n) is 12.5. The fourth-order valence-electron chi connectivity index (χ4n) is 3.67. The van der Waals surface area contributed by atoms with Crippen LogP contribution in [0, 0.1) is 10.8 Å². The molecule has 0 aromatic heterocycles. The van der Waals surface area contributed by atoms with Gasteiger partial charge in [0.1, 0.15) is 10.8 Å². The van der Waals surface area contributed by atoms with Crippen LogP contribution in [0.3, 0.4) is 0 Å². The molecule has 0 aromatic rings. The molecule has 0 amide bonds. The molecule has 2 aliphatic carbocycles. The van der Waals surface area contributed by atoms with Gasteiger partial charge in [-0.2, -0.15) is 0 Å². The fourth-order valence-corrected chi connectivity index (χ4v) is 3.67. The Kier molecular flexibility index (Phi) is 3.16. The molecule has 2 aliphatic rings. The summed E-state index contributed by atoms with van der Waals surface area (Å²) in [5.41, 5.74) is 1.22. The Labute approximate surface area is 119 Å². The van der Waals surface area contributed by atoms with E-state index >= 15 is 0 Å². The number of esters is 2. The lowest BCUT2D eigenvalue weighted by Crippen LogP contribution is -2.65. The molecule has 20 heavy (non-hydrogen) atoms. The summed E-state index contributed by atoms with van der Waals surface area (Å²) in [4.78, 5) is 24.9. The molecule has 0 N–H and O–H groups in total. The van der Waals surface area contributed by atoms with E-state index < -0.39 is 22.8 Å². The first-order valence-corrected chi connectivity index (χ1v) is 6.50. The van der Waals surface area contributed by atoms with Crippen LogP contribution < -0.4 is 0 Å². The van der Waals surface area contributed by atoms with Crippen molar-refractivity contribution in [1.82, 2.24) is 0 Å². The maximum atomic E-state index is 12.4. The van der Waals surface area contributed by atoms with Crippen molar-refractivity contribution < 1.29 is 19.1 Å². The van der Waals surface area contributed by atoms with E-state index in [4.69, 9.17) is 9.47 Å². The lowest BCUT2D eigenvalue weighted by molar-refractivity contribution is -0.177. The van der Waals surface area contributed by atoms with Gasteiger partial charge in [0.15, 0.2) is 0 Å². The van der Waals surface area contributed by atoms with Crippen LogP contribution in [0.5, 0.6) is 0 Å². The quantitative estimate of drug-likeness (QED) is 0.574. The first kappa shape index (κ1) is 14.6. The number of hydrogen-bond acceptors (Lipinski definition) is 4. The van der Waals surface area contributed by atoms with Gasteiger partial charge < -0.3 is 9.47 Å². The Morgan fingerprint density at radius 2 is 1.20 bits per heavy atom. The predicted molar refractivity (Wildman–Crippen MR) is 74.8 cm³/mol. The molecule has 0 spiro atoms. The molecule has 0 bridgehead atoms. The van der Waals surface area contributed by atoms with E-state index in [0.29, 0.717) is 24.0 Å². The lowest BCUT2D eigenvalue weighted by Gasteiger charge is -2.60. The summed E-state index contributed by atoms with van der Waals surface area (Å²) in [6.07, 6.45) is 0.858. The maximum absolute atomic E-state index is 12.4. The number of allylic oxidation sites excluding steroid dienone is 2. The topological polar surface area (TPSA) is 52.6 Å². The highest BCUT2D eigenvalue weighted by atomic mass is 16.5. The van der Waals surface area contributed by atoms with E-state index in [1.54, 1.807) is 0 Å². The molecule has 1 fully saturated rings. The second kappa shape index (κ2) is 4.33. The van der Waals surface area contributed by atoms with E-state index in [-0.39, 0.29) is 0 Å². The Hall–Kier alpha value is -1.84. The lowest BCUT2D eigenvalue weighted by atomic mass is 9.39. The molecule has 4 nitrogen and oxygen atoms in total. The van der Waals surface area contributed by atoms with Crippen molar-refractivity contribution in [2.75, 3.05) is 14.2 Å². The van der Waals surface area contributed by atoms with Crippen molar-refractivity contribution in [3.8, 4) is 0 Å². The molecule has 4 heteroatoms. The average Bonchev–Trinajstić information content (AvgIpc) is 2.46. The summed E-state index contributed by atoms with van der Waals surface area (Å²) < 4.78 is 9.93. The van der Waals surface area contributed by atoms with Crippen LogP contribution in [-0.4, -0.2) is 26.2 Å². The van der Waals surface area contributed by atoms with E-state index in [1.807, 2.05) is 13.8 Å². The van der Waals surface area contributed by atoms with Gasteiger partial charge >= 0.3 is 11.9 Å². The largest absolute Gasteiger partial charge is 0.468 e.